The summed E-state index contributed by atoms with van der Waals surface area (Å²) >= 11 is 0. The molecule has 1 atom stereocenters. The van der Waals surface area contributed by atoms with Crippen LogP contribution in [0.5, 0.6) is 5.75 Å². The molecule has 0 saturated heterocycles. The van der Waals surface area contributed by atoms with Gasteiger partial charge in [-0.15, -0.1) is 0 Å². The minimum atomic E-state index is -0.653. The van der Waals surface area contributed by atoms with E-state index < -0.39 is 11.0 Å². The Balaban J connectivity index is 2.95. The van der Waals surface area contributed by atoms with Crippen LogP contribution in [0.2, 0.25) is 0 Å². The number of anilines is 1. The third-order valence-electron chi connectivity index (χ3n) is 2.67. The molecule has 0 unspecified atom stereocenters. The molecular formula is C12H17N3O4. The lowest BCUT2D eigenvalue weighted by Crippen LogP contribution is -2.39. The highest BCUT2D eigenvalue weighted by atomic mass is 16.6. The number of non-ortho nitro benzene ring substituents is 1. The lowest BCUT2D eigenvalue weighted by molar-refractivity contribution is -0.384. The van der Waals surface area contributed by atoms with Gasteiger partial charge in [0, 0.05) is 6.07 Å². The van der Waals surface area contributed by atoms with Gasteiger partial charge in [-0.25, -0.2) is 0 Å². The molecule has 0 radical (unpaired) electrons. The summed E-state index contributed by atoms with van der Waals surface area (Å²) < 4.78 is 5.02. The molecule has 1 aromatic carbocycles. The van der Waals surface area contributed by atoms with E-state index in [0.29, 0.717) is 5.69 Å². The van der Waals surface area contributed by atoms with E-state index in [1.807, 2.05) is 13.8 Å². The number of benzene rings is 1. The highest BCUT2D eigenvalue weighted by Crippen LogP contribution is 2.29. The average Bonchev–Trinajstić information content (AvgIpc) is 2.37. The minimum absolute atomic E-state index is 0.0101. The fourth-order valence-electron chi connectivity index (χ4n) is 1.42. The normalized spacial score (nSPS) is 12.1. The Hall–Kier alpha value is -2.15. The van der Waals surface area contributed by atoms with E-state index in [-0.39, 0.29) is 23.3 Å². The summed E-state index contributed by atoms with van der Waals surface area (Å²) in [5.74, 6) is -0.148. The number of nitrogens with one attached hydrogen (secondary N) is 1. The molecule has 3 N–H and O–H groups in total. The van der Waals surface area contributed by atoms with Crippen LogP contribution in [0.25, 0.3) is 0 Å². The van der Waals surface area contributed by atoms with Crippen LogP contribution in [0, 0.1) is 16.0 Å². The molecule has 0 aliphatic carbocycles. The average molecular weight is 267 g/mol. The number of methoxy groups -OCH3 is 1. The van der Waals surface area contributed by atoms with Gasteiger partial charge in [0.1, 0.15) is 5.75 Å². The predicted molar refractivity (Wildman–Crippen MR) is 71.1 cm³/mol. The maximum Gasteiger partial charge on any atom is 0.273 e. The van der Waals surface area contributed by atoms with Crippen molar-refractivity contribution < 1.29 is 14.5 Å². The van der Waals surface area contributed by atoms with E-state index in [1.165, 1.54) is 25.3 Å². The number of nitrogens with zero attached hydrogens (tertiary/aromatic N) is 1. The zero-order valence-corrected chi connectivity index (χ0v) is 11.0. The molecule has 0 heterocycles. The van der Waals surface area contributed by atoms with Crippen LogP contribution in [0.1, 0.15) is 13.8 Å². The monoisotopic (exact) mass is 267 g/mol. The number of nitro groups is 1. The van der Waals surface area contributed by atoms with E-state index in [0.717, 1.165) is 0 Å². The second-order valence-corrected chi connectivity index (χ2v) is 4.40. The molecule has 1 aromatic rings. The van der Waals surface area contributed by atoms with Crippen LogP contribution < -0.4 is 15.8 Å². The molecule has 7 nitrogen and oxygen atoms in total. The predicted octanol–water partition coefficient (Wildman–Crippen LogP) is 1.53. The van der Waals surface area contributed by atoms with Crippen molar-refractivity contribution in [3.05, 3.63) is 28.3 Å². The van der Waals surface area contributed by atoms with Crippen molar-refractivity contribution >= 4 is 17.3 Å². The third-order valence-corrected chi connectivity index (χ3v) is 2.67. The lowest BCUT2D eigenvalue weighted by atomic mass is 10.0. The highest BCUT2D eigenvalue weighted by Gasteiger charge is 2.19. The first-order chi connectivity index (χ1) is 8.86. The molecule has 0 aromatic heterocycles. The summed E-state index contributed by atoms with van der Waals surface area (Å²) in [6.07, 6.45) is 0. The Morgan fingerprint density at radius 2 is 2.11 bits per heavy atom. The molecule has 1 rings (SSSR count). The van der Waals surface area contributed by atoms with Gasteiger partial charge in [0.05, 0.1) is 29.8 Å². The standard InChI is InChI=1S/C12H17N3O4/c1-7(2)11(13)12(16)14-9-5-4-8(15(17)18)6-10(9)19-3/h4-7,11H,13H2,1-3H3,(H,14,16)/t11-/m0/s1. The van der Waals surface area contributed by atoms with E-state index >= 15 is 0 Å². The maximum atomic E-state index is 11.8. The summed E-state index contributed by atoms with van der Waals surface area (Å²) in [5, 5.41) is 13.2. The molecule has 1 amide bonds. The maximum absolute atomic E-state index is 11.8. The largest absolute Gasteiger partial charge is 0.494 e. The highest BCUT2D eigenvalue weighted by molar-refractivity contribution is 5.96. The number of amides is 1. The van der Waals surface area contributed by atoms with Gasteiger partial charge in [0.2, 0.25) is 5.91 Å². The van der Waals surface area contributed by atoms with Crippen LogP contribution in [0.3, 0.4) is 0 Å². The summed E-state index contributed by atoms with van der Waals surface area (Å²) in [5.41, 5.74) is 5.96. The van der Waals surface area contributed by atoms with Crippen molar-refractivity contribution in [2.75, 3.05) is 12.4 Å². The second kappa shape index (κ2) is 6.14. The Bertz CT molecular complexity index is 488. The number of ether oxygens (including phenoxy) is 1. The Morgan fingerprint density at radius 3 is 2.58 bits per heavy atom. The van der Waals surface area contributed by atoms with Crippen LogP contribution in [-0.2, 0) is 4.79 Å². The van der Waals surface area contributed by atoms with Crippen molar-refractivity contribution in [2.24, 2.45) is 11.7 Å². The zero-order chi connectivity index (χ0) is 14.6. The van der Waals surface area contributed by atoms with Gasteiger partial charge in [-0.2, -0.15) is 0 Å². The number of nitro benzene ring substituents is 1. The number of carbonyl (C=O) groups excluding carboxylic acids is 1. The fourth-order valence-corrected chi connectivity index (χ4v) is 1.42. The molecule has 0 bridgehead atoms. The Labute approximate surface area is 110 Å². The van der Waals surface area contributed by atoms with Crippen molar-refractivity contribution in [3.8, 4) is 5.75 Å². The molecule has 0 spiro atoms. The summed E-state index contributed by atoms with van der Waals surface area (Å²) in [7, 11) is 1.37. The number of hydrogen-bond donors (Lipinski definition) is 2. The summed E-state index contributed by atoms with van der Waals surface area (Å²) in [6.45, 7) is 3.66. The number of nitrogens with two attached hydrogens (primary N) is 1. The van der Waals surface area contributed by atoms with Gasteiger partial charge in [0.15, 0.2) is 0 Å². The van der Waals surface area contributed by atoms with Crippen molar-refractivity contribution in [2.45, 2.75) is 19.9 Å². The zero-order valence-electron chi connectivity index (χ0n) is 11.0. The minimum Gasteiger partial charge on any atom is -0.494 e. The Morgan fingerprint density at radius 1 is 1.47 bits per heavy atom. The molecule has 104 valence electrons. The molecule has 19 heavy (non-hydrogen) atoms. The van der Waals surface area contributed by atoms with Crippen LogP contribution >= 0.6 is 0 Å². The van der Waals surface area contributed by atoms with Crippen LogP contribution in [-0.4, -0.2) is 24.0 Å². The fraction of sp³-hybridized carbons (Fsp3) is 0.417. The van der Waals surface area contributed by atoms with Gasteiger partial charge in [-0.05, 0) is 12.0 Å². The second-order valence-electron chi connectivity index (χ2n) is 4.40. The van der Waals surface area contributed by atoms with Crippen molar-refractivity contribution in [1.29, 1.82) is 0 Å². The first-order valence-corrected chi connectivity index (χ1v) is 5.75. The van der Waals surface area contributed by atoms with Gasteiger partial charge >= 0.3 is 0 Å². The Kier molecular flexibility index (Phi) is 4.82. The quantitative estimate of drug-likeness (QED) is 0.621. The van der Waals surface area contributed by atoms with Gasteiger partial charge < -0.3 is 15.8 Å². The lowest BCUT2D eigenvalue weighted by Gasteiger charge is -2.16. The van der Waals surface area contributed by atoms with Crippen LogP contribution in [0.4, 0.5) is 11.4 Å². The number of carbonyl (C=O) groups is 1. The number of hydrogen-bond acceptors (Lipinski definition) is 5. The van der Waals surface area contributed by atoms with E-state index in [9.17, 15) is 14.9 Å². The molecular weight excluding hydrogens is 250 g/mol. The van der Waals surface area contributed by atoms with E-state index in [4.69, 9.17) is 10.5 Å². The molecule has 0 aliphatic rings. The van der Waals surface area contributed by atoms with Gasteiger partial charge in [-0.1, -0.05) is 13.8 Å². The smallest absolute Gasteiger partial charge is 0.273 e. The molecule has 0 aliphatic heterocycles. The van der Waals surface area contributed by atoms with Gasteiger partial charge in [0.25, 0.3) is 5.69 Å². The van der Waals surface area contributed by atoms with Gasteiger partial charge in [-0.3, -0.25) is 14.9 Å². The van der Waals surface area contributed by atoms with Crippen molar-refractivity contribution in [1.82, 2.24) is 0 Å². The first-order valence-electron chi connectivity index (χ1n) is 5.75. The van der Waals surface area contributed by atoms with E-state index in [2.05, 4.69) is 5.32 Å². The summed E-state index contributed by atoms with van der Waals surface area (Å²) in [4.78, 5) is 21.9. The first kappa shape index (κ1) is 14.9. The molecule has 0 saturated carbocycles. The van der Waals surface area contributed by atoms with Crippen LogP contribution in [0.15, 0.2) is 18.2 Å². The van der Waals surface area contributed by atoms with Crippen molar-refractivity contribution in [3.63, 3.8) is 0 Å². The summed E-state index contributed by atoms with van der Waals surface area (Å²) in [6, 6.07) is 3.30. The molecule has 0 fully saturated rings. The number of rotatable bonds is 5. The topological polar surface area (TPSA) is 107 Å². The molecule has 7 heteroatoms. The SMILES string of the molecule is COc1cc([N+](=O)[O-])ccc1NC(=O)[C@@H](N)C(C)C. The third kappa shape index (κ3) is 3.65. The van der Waals surface area contributed by atoms with E-state index in [1.54, 1.807) is 0 Å².